The van der Waals surface area contributed by atoms with Gasteiger partial charge in [-0.05, 0) is 56.7 Å². The highest BCUT2D eigenvalue weighted by molar-refractivity contribution is 6.31. The van der Waals surface area contributed by atoms with Gasteiger partial charge >= 0.3 is 0 Å². The van der Waals surface area contributed by atoms with Crippen molar-refractivity contribution >= 4 is 34.0 Å². The number of halogens is 1. The molecule has 0 saturated heterocycles. The minimum Gasteiger partial charge on any atom is -0.355 e. The van der Waals surface area contributed by atoms with Crippen LogP contribution in [0.1, 0.15) is 17.0 Å². The number of benzene rings is 1. The lowest BCUT2D eigenvalue weighted by Crippen LogP contribution is -1.98. The van der Waals surface area contributed by atoms with Crippen LogP contribution < -0.4 is 5.32 Å². The summed E-state index contributed by atoms with van der Waals surface area (Å²) in [4.78, 5) is 9.00. The van der Waals surface area contributed by atoms with Crippen molar-refractivity contribution in [3.05, 3.63) is 58.4 Å². The maximum absolute atomic E-state index is 6.19. The van der Waals surface area contributed by atoms with Gasteiger partial charge in [-0.1, -0.05) is 17.7 Å². The Morgan fingerprint density at radius 2 is 1.67 bits per heavy atom. The summed E-state index contributed by atoms with van der Waals surface area (Å²) >= 11 is 6.19. The monoisotopic (exact) mass is 297 g/mol. The molecule has 2 aromatic heterocycles. The molecule has 21 heavy (non-hydrogen) atoms. The minimum atomic E-state index is 0.754. The Morgan fingerprint density at radius 1 is 0.905 bits per heavy atom. The number of fused-ring (bicyclic) bond motifs is 1. The van der Waals surface area contributed by atoms with Crippen molar-refractivity contribution in [2.45, 2.75) is 20.8 Å². The van der Waals surface area contributed by atoms with Crippen molar-refractivity contribution in [1.29, 1.82) is 0 Å². The van der Waals surface area contributed by atoms with Crippen LogP contribution in [0.5, 0.6) is 0 Å². The molecular weight excluding hydrogens is 282 g/mol. The minimum absolute atomic E-state index is 0.754. The summed E-state index contributed by atoms with van der Waals surface area (Å²) in [5.41, 5.74) is 5.68. The van der Waals surface area contributed by atoms with Crippen molar-refractivity contribution in [2.24, 2.45) is 0 Å². The SMILES string of the molecule is Cc1ccc2c(Nc3cccc(Cl)c3C)cc(C)nc2n1. The van der Waals surface area contributed by atoms with Gasteiger partial charge in [-0.15, -0.1) is 0 Å². The highest BCUT2D eigenvalue weighted by Crippen LogP contribution is 2.30. The van der Waals surface area contributed by atoms with Gasteiger partial charge in [-0.2, -0.15) is 0 Å². The van der Waals surface area contributed by atoms with Gasteiger partial charge in [0.25, 0.3) is 0 Å². The fourth-order valence-electron chi connectivity index (χ4n) is 2.32. The molecule has 3 rings (SSSR count). The number of hydrogen-bond acceptors (Lipinski definition) is 3. The smallest absolute Gasteiger partial charge is 0.161 e. The molecule has 0 aliphatic heterocycles. The van der Waals surface area contributed by atoms with Gasteiger partial charge in [0, 0.05) is 27.5 Å². The van der Waals surface area contributed by atoms with Crippen LogP contribution in [0.4, 0.5) is 11.4 Å². The van der Waals surface area contributed by atoms with Crippen LogP contribution in [0.2, 0.25) is 5.02 Å². The Hall–Kier alpha value is -2.13. The summed E-state index contributed by atoms with van der Waals surface area (Å²) in [5, 5.41) is 5.21. The highest BCUT2D eigenvalue weighted by atomic mass is 35.5. The van der Waals surface area contributed by atoms with Gasteiger partial charge in [-0.25, -0.2) is 9.97 Å². The molecule has 0 aliphatic rings. The van der Waals surface area contributed by atoms with E-state index in [4.69, 9.17) is 11.6 Å². The van der Waals surface area contributed by atoms with E-state index in [1.165, 1.54) is 0 Å². The van der Waals surface area contributed by atoms with Crippen LogP contribution in [0.25, 0.3) is 11.0 Å². The molecule has 2 heterocycles. The molecule has 0 amide bonds. The zero-order valence-electron chi connectivity index (χ0n) is 12.2. The fourth-order valence-corrected chi connectivity index (χ4v) is 2.49. The van der Waals surface area contributed by atoms with Gasteiger partial charge < -0.3 is 5.32 Å². The zero-order chi connectivity index (χ0) is 15.0. The first-order valence-electron chi connectivity index (χ1n) is 6.82. The molecule has 0 spiro atoms. The third-order valence-electron chi connectivity index (χ3n) is 3.48. The Labute approximate surface area is 129 Å². The first-order chi connectivity index (χ1) is 10.0. The third-order valence-corrected chi connectivity index (χ3v) is 3.89. The quantitative estimate of drug-likeness (QED) is 0.727. The van der Waals surface area contributed by atoms with Gasteiger partial charge in [-0.3, -0.25) is 0 Å². The van der Waals surface area contributed by atoms with E-state index in [-0.39, 0.29) is 0 Å². The molecule has 0 fully saturated rings. The molecule has 1 N–H and O–H groups in total. The molecule has 3 nitrogen and oxygen atoms in total. The first kappa shape index (κ1) is 13.8. The Kier molecular flexibility index (Phi) is 3.52. The lowest BCUT2D eigenvalue weighted by Gasteiger charge is -2.13. The summed E-state index contributed by atoms with van der Waals surface area (Å²) in [7, 11) is 0. The molecule has 1 aromatic carbocycles. The van der Waals surface area contributed by atoms with Crippen LogP contribution >= 0.6 is 11.6 Å². The third kappa shape index (κ3) is 2.69. The van der Waals surface area contributed by atoms with E-state index in [1.54, 1.807) is 0 Å². The van der Waals surface area contributed by atoms with E-state index < -0.39 is 0 Å². The summed E-state index contributed by atoms with van der Waals surface area (Å²) in [6.45, 7) is 5.94. The van der Waals surface area contributed by atoms with E-state index in [9.17, 15) is 0 Å². The summed E-state index contributed by atoms with van der Waals surface area (Å²) in [5.74, 6) is 0. The molecule has 106 valence electrons. The zero-order valence-corrected chi connectivity index (χ0v) is 13.0. The van der Waals surface area contributed by atoms with Crippen LogP contribution in [0.3, 0.4) is 0 Å². The van der Waals surface area contributed by atoms with Crippen LogP contribution in [-0.2, 0) is 0 Å². The van der Waals surface area contributed by atoms with Gasteiger partial charge in [0.15, 0.2) is 5.65 Å². The van der Waals surface area contributed by atoms with Crippen molar-refractivity contribution < 1.29 is 0 Å². The molecule has 0 radical (unpaired) electrons. The Bertz CT molecular complexity index is 822. The van der Waals surface area contributed by atoms with E-state index in [2.05, 4.69) is 15.3 Å². The number of nitrogens with zero attached hydrogens (tertiary/aromatic N) is 2. The lowest BCUT2D eigenvalue weighted by atomic mass is 10.1. The number of aromatic nitrogens is 2. The van der Waals surface area contributed by atoms with E-state index in [0.29, 0.717) is 0 Å². The predicted octanol–water partition coefficient (Wildman–Crippen LogP) is 4.95. The van der Waals surface area contributed by atoms with Gasteiger partial charge in [0.05, 0.1) is 5.69 Å². The van der Waals surface area contributed by atoms with E-state index in [0.717, 1.165) is 44.4 Å². The van der Waals surface area contributed by atoms with Gasteiger partial charge in [0.2, 0.25) is 0 Å². The molecule has 0 unspecified atom stereocenters. The molecule has 3 aromatic rings. The molecule has 0 atom stereocenters. The second kappa shape index (κ2) is 5.34. The summed E-state index contributed by atoms with van der Waals surface area (Å²) in [6.07, 6.45) is 0. The van der Waals surface area contributed by atoms with Crippen molar-refractivity contribution in [3.8, 4) is 0 Å². The molecule has 4 heteroatoms. The van der Waals surface area contributed by atoms with Crippen molar-refractivity contribution in [1.82, 2.24) is 9.97 Å². The van der Waals surface area contributed by atoms with E-state index in [1.807, 2.05) is 57.2 Å². The average molecular weight is 298 g/mol. The largest absolute Gasteiger partial charge is 0.355 e. The molecule has 0 aliphatic carbocycles. The normalized spacial score (nSPS) is 10.9. The summed E-state index contributed by atoms with van der Waals surface area (Å²) < 4.78 is 0. The van der Waals surface area contributed by atoms with Crippen molar-refractivity contribution in [3.63, 3.8) is 0 Å². The van der Waals surface area contributed by atoms with Gasteiger partial charge in [0.1, 0.15) is 0 Å². The maximum atomic E-state index is 6.19. The van der Waals surface area contributed by atoms with Crippen LogP contribution in [-0.4, -0.2) is 9.97 Å². The maximum Gasteiger partial charge on any atom is 0.161 e. The Balaban J connectivity index is 2.14. The fraction of sp³-hybridized carbons (Fsp3) is 0.176. The van der Waals surface area contributed by atoms with Crippen LogP contribution in [0, 0.1) is 20.8 Å². The number of anilines is 2. The number of pyridine rings is 2. The number of hydrogen-bond donors (Lipinski definition) is 1. The standard InChI is InChI=1S/C17H16ClN3/c1-10-7-8-13-16(9-11(2)20-17(13)19-10)21-15-6-4-5-14(18)12(15)3/h4-9H,1-3H3,(H,19,20,21). The molecule has 0 saturated carbocycles. The van der Waals surface area contributed by atoms with Crippen LogP contribution in [0.15, 0.2) is 36.4 Å². The summed E-state index contributed by atoms with van der Waals surface area (Å²) in [6, 6.07) is 11.9. The number of nitrogens with one attached hydrogen (secondary N) is 1. The van der Waals surface area contributed by atoms with Crippen molar-refractivity contribution in [2.75, 3.05) is 5.32 Å². The molecular formula is C17H16ClN3. The van der Waals surface area contributed by atoms with E-state index >= 15 is 0 Å². The Morgan fingerprint density at radius 3 is 2.48 bits per heavy atom. The topological polar surface area (TPSA) is 37.8 Å². The second-order valence-electron chi connectivity index (χ2n) is 5.17. The highest BCUT2D eigenvalue weighted by Gasteiger charge is 2.08. The lowest BCUT2D eigenvalue weighted by molar-refractivity contribution is 1.16. The predicted molar refractivity (Wildman–Crippen MR) is 88.5 cm³/mol. The molecule has 0 bridgehead atoms. The average Bonchev–Trinajstić information content (AvgIpc) is 2.43. The first-order valence-corrected chi connectivity index (χ1v) is 7.19. The number of aryl methyl sites for hydroxylation is 2. The number of rotatable bonds is 2. The second-order valence-corrected chi connectivity index (χ2v) is 5.58.